The number of fused-ring (bicyclic) bond motifs is 11. The van der Waals surface area contributed by atoms with Gasteiger partial charge >= 0.3 is 0 Å². The van der Waals surface area contributed by atoms with Crippen LogP contribution in [0.4, 0.5) is 0 Å². The second kappa shape index (κ2) is 7.29. The third-order valence-corrected chi connectivity index (χ3v) is 8.66. The van der Waals surface area contributed by atoms with Crippen molar-refractivity contribution in [3.63, 3.8) is 0 Å². The molecule has 0 fully saturated rings. The van der Waals surface area contributed by atoms with Gasteiger partial charge in [-0.1, -0.05) is 113 Å². The zero-order valence-corrected chi connectivity index (χ0v) is 21.1. The molecule has 0 nitrogen and oxygen atoms in total. The summed E-state index contributed by atoms with van der Waals surface area (Å²) in [6.07, 6.45) is 0. The quantitative estimate of drug-likeness (QED) is 0.202. The molecule has 0 amide bonds. The molecule has 0 saturated heterocycles. The van der Waals surface area contributed by atoms with E-state index < -0.39 is 0 Å². The van der Waals surface area contributed by atoms with E-state index in [2.05, 4.69) is 143 Å². The maximum atomic E-state index is 3.59. The average Bonchev–Trinajstić information content (AvgIpc) is 3.39. The van der Waals surface area contributed by atoms with Crippen molar-refractivity contribution >= 4 is 26.7 Å². The number of halogens is 1. The van der Waals surface area contributed by atoms with Gasteiger partial charge in [-0.15, -0.1) is 0 Å². The largest absolute Gasteiger partial charge is 0.0725 e. The van der Waals surface area contributed by atoms with Crippen LogP contribution in [0.3, 0.4) is 0 Å². The topological polar surface area (TPSA) is 0 Å². The SMILES string of the molecule is Brc1ccc(-c2ccc3c(c2)C2(c4ccccc4-3)c3ccccc3-c3cc4ccccc4cc32)cc1. The fraction of sp³-hybridized carbons (Fsp3) is 0.0286. The van der Waals surface area contributed by atoms with Crippen molar-refractivity contribution in [3.05, 3.63) is 154 Å². The lowest BCUT2D eigenvalue weighted by atomic mass is 9.70. The maximum absolute atomic E-state index is 3.59. The summed E-state index contributed by atoms with van der Waals surface area (Å²) in [6.45, 7) is 0. The molecule has 0 N–H and O–H groups in total. The number of hydrogen-bond acceptors (Lipinski definition) is 0. The molecule has 0 aliphatic heterocycles. The molecule has 1 spiro atoms. The van der Waals surface area contributed by atoms with Gasteiger partial charge in [0, 0.05) is 4.47 Å². The van der Waals surface area contributed by atoms with E-state index in [1.807, 2.05) is 0 Å². The van der Waals surface area contributed by atoms with E-state index in [1.165, 1.54) is 66.4 Å². The predicted molar refractivity (Wildman–Crippen MR) is 153 cm³/mol. The normalized spacial score (nSPS) is 16.6. The molecule has 0 saturated carbocycles. The maximum Gasteiger partial charge on any atom is 0.0725 e. The van der Waals surface area contributed by atoms with Gasteiger partial charge in [0.2, 0.25) is 0 Å². The van der Waals surface area contributed by atoms with Crippen LogP contribution in [-0.4, -0.2) is 0 Å². The van der Waals surface area contributed by atoms with Gasteiger partial charge in [-0.05, 0) is 96.7 Å². The van der Waals surface area contributed by atoms with Crippen molar-refractivity contribution in [1.29, 1.82) is 0 Å². The molecule has 0 bridgehead atoms. The van der Waals surface area contributed by atoms with Crippen LogP contribution in [0.2, 0.25) is 0 Å². The van der Waals surface area contributed by atoms with E-state index >= 15 is 0 Å². The van der Waals surface area contributed by atoms with Crippen LogP contribution in [0.25, 0.3) is 44.2 Å². The van der Waals surface area contributed by atoms with Crippen molar-refractivity contribution in [2.45, 2.75) is 5.41 Å². The minimum Gasteiger partial charge on any atom is -0.0619 e. The van der Waals surface area contributed by atoms with Crippen LogP contribution in [-0.2, 0) is 5.41 Å². The zero-order valence-electron chi connectivity index (χ0n) is 19.5. The van der Waals surface area contributed by atoms with E-state index in [0.717, 1.165) is 4.47 Å². The minimum absolute atomic E-state index is 0.326. The molecular weight excluding hydrogens is 500 g/mol. The van der Waals surface area contributed by atoms with Crippen molar-refractivity contribution in [2.75, 3.05) is 0 Å². The minimum atomic E-state index is -0.326. The number of benzene rings is 6. The molecule has 0 heterocycles. The third-order valence-electron chi connectivity index (χ3n) is 8.13. The molecule has 1 atom stereocenters. The fourth-order valence-corrected chi connectivity index (χ4v) is 6.91. The van der Waals surface area contributed by atoms with E-state index in [1.54, 1.807) is 0 Å². The van der Waals surface area contributed by atoms with E-state index in [9.17, 15) is 0 Å². The van der Waals surface area contributed by atoms with Gasteiger partial charge in [0.05, 0.1) is 5.41 Å². The van der Waals surface area contributed by atoms with Crippen LogP contribution in [0.15, 0.2) is 132 Å². The monoisotopic (exact) mass is 520 g/mol. The molecule has 2 aliphatic rings. The lowest BCUT2D eigenvalue weighted by Gasteiger charge is -2.31. The predicted octanol–water partition coefficient (Wildman–Crippen LogP) is 9.61. The van der Waals surface area contributed by atoms with Gasteiger partial charge in [-0.2, -0.15) is 0 Å². The van der Waals surface area contributed by atoms with Gasteiger partial charge < -0.3 is 0 Å². The lowest BCUT2D eigenvalue weighted by Crippen LogP contribution is -2.25. The van der Waals surface area contributed by atoms with E-state index in [0.29, 0.717) is 0 Å². The highest BCUT2D eigenvalue weighted by molar-refractivity contribution is 9.10. The Balaban J connectivity index is 1.52. The Bertz CT molecular complexity index is 1840. The van der Waals surface area contributed by atoms with Crippen molar-refractivity contribution in [1.82, 2.24) is 0 Å². The molecule has 6 aromatic carbocycles. The van der Waals surface area contributed by atoms with Crippen LogP contribution in [0, 0.1) is 0 Å². The molecule has 36 heavy (non-hydrogen) atoms. The summed E-state index contributed by atoms with van der Waals surface area (Å²) in [5.41, 5.74) is 13.1. The molecule has 8 rings (SSSR count). The molecule has 6 aromatic rings. The summed E-state index contributed by atoms with van der Waals surface area (Å²) in [5.74, 6) is 0. The third kappa shape index (κ3) is 2.54. The molecule has 1 unspecified atom stereocenters. The first-order valence-corrected chi connectivity index (χ1v) is 13.2. The van der Waals surface area contributed by atoms with Crippen LogP contribution < -0.4 is 0 Å². The highest BCUT2D eigenvalue weighted by atomic mass is 79.9. The van der Waals surface area contributed by atoms with Crippen LogP contribution in [0.1, 0.15) is 22.3 Å². The van der Waals surface area contributed by atoms with Crippen molar-refractivity contribution in [3.8, 4) is 33.4 Å². The molecular formula is C35H21Br. The number of hydrogen-bond donors (Lipinski definition) is 0. The summed E-state index contributed by atoms with van der Waals surface area (Å²) >= 11 is 3.59. The molecule has 2 aliphatic carbocycles. The Morgan fingerprint density at radius 2 is 0.917 bits per heavy atom. The fourth-order valence-electron chi connectivity index (χ4n) is 6.65. The Morgan fingerprint density at radius 1 is 0.389 bits per heavy atom. The Labute approximate surface area is 219 Å². The second-order valence-electron chi connectivity index (χ2n) is 9.85. The highest BCUT2D eigenvalue weighted by Crippen LogP contribution is 2.63. The van der Waals surface area contributed by atoms with Crippen molar-refractivity contribution in [2.24, 2.45) is 0 Å². The molecule has 0 aromatic heterocycles. The van der Waals surface area contributed by atoms with E-state index in [-0.39, 0.29) is 5.41 Å². The summed E-state index contributed by atoms with van der Waals surface area (Å²) in [6, 6.07) is 47.3. The van der Waals surface area contributed by atoms with E-state index in [4.69, 9.17) is 0 Å². The van der Waals surface area contributed by atoms with Crippen LogP contribution >= 0.6 is 15.9 Å². The van der Waals surface area contributed by atoms with Gasteiger partial charge in [0.15, 0.2) is 0 Å². The van der Waals surface area contributed by atoms with Gasteiger partial charge in [-0.3, -0.25) is 0 Å². The summed E-state index contributed by atoms with van der Waals surface area (Å²) in [7, 11) is 0. The summed E-state index contributed by atoms with van der Waals surface area (Å²) < 4.78 is 1.10. The Kier molecular flexibility index (Phi) is 4.10. The molecule has 168 valence electrons. The Morgan fingerprint density at radius 3 is 1.64 bits per heavy atom. The standard InChI is InChI=1S/C35H21Br/c36-26-16-13-22(14-17-26)25-15-18-29-27-9-3-5-11-31(27)35(33(29)21-25)32-12-6-4-10-28(32)30-19-23-7-1-2-8-24(23)20-34(30)35/h1-21H. The first-order chi connectivity index (χ1) is 17.7. The zero-order chi connectivity index (χ0) is 23.9. The molecule has 1 heteroatoms. The smallest absolute Gasteiger partial charge is 0.0619 e. The summed E-state index contributed by atoms with van der Waals surface area (Å²) in [4.78, 5) is 0. The van der Waals surface area contributed by atoms with Gasteiger partial charge in [0.25, 0.3) is 0 Å². The average molecular weight is 521 g/mol. The first-order valence-electron chi connectivity index (χ1n) is 12.4. The molecule has 0 radical (unpaired) electrons. The second-order valence-corrected chi connectivity index (χ2v) is 10.8. The Hall–Kier alpha value is -3.94. The van der Waals surface area contributed by atoms with Crippen LogP contribution in [0.5, 0.6) is 0 Å². The number of rotatable bonds is 1. The first kappa shape index (κ1) is 20.3. The lowest BCUT2D eigenvalue weighted by molar-refractivity contribution is 0.795. The summed E-state index contributed by atoms with van der Waals surface area (Å²) in [5, 5.41) is 2.58. The highest BCUT2D eigenvalue weighted by Gasteiger charge is 2.51. The van der Waals surface area contributed by atoms with Crippen molar-refractivity contribution < 1.29 is 0 Å². The van der Waals surface area contributed by atoms with Gasteiger partial charge in [0.1, 0.15) is 0 Å². The van der Waals surface area contributed by atoms with Gasteiger partial charge in [-0.25, -0.2) is 0 Å².